The van der Waals surface area contributed by atoms with Crippen molar-refractivity contribution in [2.45, 2.75) is 18.9 Å². The van der Waals surface area contributed by atoms with Crippen molar-refractivity contribution >= 4 is 5.91 Å². The van der Waals surface area contributed by atoms with E-state index in [0.29, 0.717) is 12.3 Å². The average molecular weight is 296 g/mol. The molecule has 2 rings (SSSR count). The van der Waals surface area contributed by atoms with Crippen molar-refractivity contribution in [2.24, 2.45) is 11.7 Å². The fourth-order valence-electron chi connectivity index (χ4n) is 2.47. The zero-order valence-corrected chi connectivity index (χ0v) is 11.9. The van der Waals surface area contributed by atoms with Crippen molar-refractivity contribution in [3.05, 3.63) is 30.1 Å². The number of ether oxygens (including phenoxy) is 1. The van der Waals surface area contributed by atoms with E-state index in [1.165, 1.54) is 24.3 Å². The molecule has 0 saturated carbocycles. The monoisotopic (exact) mass is 296 g/mol. The van der Waals surface area contributed by atoms with Gasteiger partial charge in [-0.25, -0.2) is 4.39 Å². The Kier molecular flexibility index (Phi) is 5.52. The van der Waals surface area contributed by atoms with Gasteiger partial charge in [-0.05, 0) is 50.2 Å². The minimum atomic E-state index is -0.625. The fourth-order valence-corrected chi connectivity index (χ4v) is 2.47. The van der Waals surface area contributed by atoms with Gasteiger partial charge in [0.15, 0.2) is 0 Å². The van der Waals surface area contributed by atoms with Gasteiger partial charge >= 0.3 is 0 Å². The van der Waals surface area contributed by atoms with Gasteiger partial charge in [0.2, 0.25) is 5.91 Å². The third kappa shape index (κ3) is 4.99. The van der Waals surface area contributed by atoms with E-state index < -0.39 is 6.10 Å². The number of likely N-dealkylation sites (tertiary alicyclic amines) is 1. The molecule has 1 aliphatic rings. The molecule has 1 atom stereocenters. The Bertz CT molecular complexity index is 458. The van der Waals surface area contributed by atoms with Gasteiger partial charge in [0.1, 0.15) is 24.3 Å². The number of hydrogen-bond acceptors (Lipinski definition) is 4. The summed E-state index contributed by atoms with van der Waals surface area (Å²) in [6.07, 6.45) is 0.849. The molecule has 0 aliphatic carbocycles. The summed E-state index contributed by atoms with van der Waals surface area (Å²) in [5.74, 6) is -0.0770. The van der Waals surface area contributed by atoms with Gasteiger partial charge in [0.25, 0.3) is 0 Å². The van der Waals surface area contributed by atoms with Crippen molar-refractivity contribution in [1.29, 1.82) is 0 Å². The van der Waals surface area contributed by atoms with Gasteiger partial charge in [-0.3, -0.25) is 4.79 Å². The number of carbonyl (C=O) groups excluding carboxylic acids is 1. The Hall–Kier alpha value is -1.66. The summed E-state index contributed by atoms with van der Waals surface area (Å²) in [7, 11) is 0. The standard InChI is InChI=1S/C15H21FN2O3/c16-12-1-3-14(4-2-12)21-10-13(19)9-18-7-5-11(6-8-18)15(17)20/h1-4,11,13,19H,5-10H2,(H2,17,20)/t13-/m1/s1. The van der Waals surface area contributed by atoms with E-state index in [1.807, 2.05) is 0 Å². The highest BCUT2D eigenvalue weighted by Gasteiger charge is 2.24. The Morgan fingerprint density at radius 3 is 2.57 bits per heavy atom. The van der Waals surface area contributed by atoms with Gasteiger partial charge in [0, 0.05) is 12.5 Å². The minimum Gasteiger partial charge on any atom is -0.491 e. The number of piperidine rings is 1. The normalized spacial score (nSPS) is 18.4. The molecule has 1 aliphatic heterocycles. The second kappa shape index (κ2) is 7.38. The number of rotatable bonds is 6. The number of nitrogens with two attached hydrogens (primary N) is 1. The molecule has 1 aromatic carbocycles. The van der Waals surface area contributed by atoms with Crippen LogP contribution in [0.3, 0.4) is 0 Å². The fraction of sp³-hybridized carbons (Fsp3) is 0.533. The second-order valence-corrected chi connectivity index (χ2v) is 5.40. The smallest absolute Gasteiger partial charge is 0.220 e. The maximum absolute atomic E-state index is 12.7. The van der Waals surface area contributed by atoms with Crippen LogP contribution in [0.2, 0.25) is 0 Å². The third-order valence-electron chi connectivity index (χ3n) is 3.71. The molecule has 1 amide bonds. The predicted octanol–water partition coefficient (Wildman–Crippen LogP) is 0.763. The molecular weight excluding hydrogens is 275 g/mol. The first kappa shape index (κ1) is 15.7. The maximum atomic E-state index is 12.7. The molecule has 116 valence electrons. The molecule has 0 spiro atoms. The van der Waals surface area contributed by atoms with Gasteiger partial charge in [-0.1, -0.05) is 0 Å². The Balaban J connectivity index is 1.69. The molecule has 5 nitrogen and oxygen atoms in total. The van der Waals surface area contributed by atoms with Crippen LogP contribution in [0.15, 0.2) is 24.3 Å². The van der Waals surface area contributed by atoms with Gasteiger partial charge in [-0.2, -0.15) is 0 Å². The second-order valence-electron chi connectivity index (χ2n) is 5.40. The van der Waals surface area contributed by atoms with Crippen molar-refractivity contribution in [3.63, 3.8) is 0 Å². The lowest BCUT2D eigenvalue weighted by Crippen LogP contribution is -2.43. The molecule has 0 bridgehead atoms. The molecular formula is C15H21FN2O3. The van der Waals surface area contributed by atoms with Crippen molar-refractivity contribution in [1.82, 2.24) is 4.90 Å². The molecule has 1 saturated heterocycles. The van der Waals surface area contributed by atoms with Gasteiger partial charge < -0.3 is 20.5 Å². The highest BCUT2D eigenvalue weighted by Crippen LogP contribution is 2.17. The van der Waals surface area contributed by atoms with Crippen molar-refractivity contribution < 1.29 is 19.0 Å². The molecule has 0 aromatic heterocycles. The van der Waals surface area contributed by atoms with Crippen LogP contribution < -0.4 is 10.5 Å². The number of benzene rings is 1. The Morgan fingerprint density at radius 2 is 2.00 bits per heavy atom. The van der Waals surface area contributed by atoms with Crippen LogP contribution >= 0.6 is 0 Å². The first-order valence-corrected chi connectivity index (χ1v) is 7.12. The molecule has 1 heterocycles. The first-order valence-electron chi connectivity index (χ1n) is 7.12. The largest absolute Gasteiger partial charge is 0.491 e. The summed E-state index contributed by atoms with van der Waals surface area (Å²) < 4.78 is 18.1. The van der Waals surface area contributed by atoms with Crippen LogP contribution in [0.1, 0.15) is 12.8 Å². The molecule has 6 heteroatoms. The SMILES string of the molecule is NC(=O)C1CCN(C[C@@H](O)COc2ccc(F)cc2)CC1. The lowest BCUT2D eigenvalue weighted by atomic mass is 9.96. The number of β-amino-alcohol motifs (C(OH)–C–C–N with tert-alkyl or cyclic N) is 1. The minimum absolute atomic E-state index is 0.0474. The molecule has 0 radical (unpaired) electrons. The van der Waals surface area contributed by atoms with Crippen LogP contribution in [0.4, 0.5) is 4.39 Å². The average Bonchev–Trinajstić information content (AvgIpc) is 2.47. The summed E-state index contributed by atoms with van der Waals surface area (Å²) in [5.41, 5.74) is 5.28. The number of carbonyl (C=O) groups is 1. The van der Waals surface area contributed by atoms with E-state index in [9.17, 15) is 14.3 Å². The third-order valence-corrected chi connectivity index (χ3v) is 3.71. The van der Waals surface area contributed by atoms with E-state index in [0.717, 1.165) is 25.9 Å². The van der Waals surface area contributed by atoms with E-state index in [2.05, 4.69) is 4.90 Å². The number of hydrogen-bond donors (Lipinski definition) is 2. The molecule has 21 heavy (non-hydrogen) atoms. The summed E-state index contributed by atoms with van der Waals surface area (Å²) in [6.45, 7) is 2.15. The quantitative estimate of drug-likeness (QED) is 0.813. The maximum Gasteiger partial charge on any atom is 0.220 e. The molecule has 1 aromatic rings. The highest BCUT2D eigenvalue weighted by atomic mass is 19.1. The van der Waals surface area contributed by atoms with Gasteiger partial charge in [0.05, 0.1) is 0 Å². The lowest BCUT2D eigenvalue weighted by Gasteiger charge is -2.31. The van der Waals surface area contributed by atoms with E-state index in [4.69, 9.17) is 10.5 Å². The summed E-state index contributed by atoms with van der Waals surface area (Å²) in [6, 6.07) is 5.69. The van der Waals surface area contributed by atoms with Crippen LogP contribution in [0, 0.1) is 11.7 Å². The van der Waals surface area contributed by atoms with E-state index in [-0.39, 0.29) is 24.2 Å². The Labute approximate surface area is 123 Å². The summed E-state index contributed by atoms with van der Waals surface area (Å²) in [5, 5.41) is 9.96. The van der Waals surface area contributed by atoms with Crippen molar-refractivity contribution in [3.8, 4) is 5.75 Å². The van der Waals surface area contributed by atoms with Crippen LogP contribution in [0.5, 0.6) is 5.75 Å². The van der Waals surface area contributed by atoms with Crippen molar-refractivity contribution in [2.75, 3.05) is 26.2 Å². The number of aliphatic hydroxyl groups is 1. The topological polar surface area (TPSA) is 75.8 Å². The van der Waals surface area contributed by atoms with Crippen LogP contribution in [-0.4, -0.2) is 48.3 Å². The van der Waals surface area contributed by atoms with Crippen LogP contribution in [0.25, 0.3) is 0 Å². The van der Waals surface area contributed by atoms with E-state index >= 15 is 0 Å². The van der Waals surface area contributed by atoms with E-state index in [1.54, 1.807) is 0 Å². The molecule has 0 unspecified atom stereocenters. The number of halogens is 1. The summed E-state index contributed by atoms with van der Waals surface area (Å²) in [4.78, 5) is 13.2. The van der Waals surface area contributed by atoms with Crippen LogP contribution in [-0.2, 0) is 4.79 Å². The molecule has 3 N–H and O–H groups in total. The number of aliphatic hydroxyl groups excluding tert-OH is 1. The first-order chi connectivity index (χ1) is 10.0. The predicted molar refractivity (Wildman–Crippen MR) is 76.3 cm³/mol. The number of amides is 1. The highest BCUT2D eigenvalue weighted by molar-refractivity contribution is 5.76. The number of primary amides is 1. The lowest BCUT2D eigenvalue weighted by molar-refractivity contribution is -0.123. The molecule has 1 fully saturated rings. The Morgan fingerprint density at radius 1 is 1.38 bits per heavy atom. The summed E-state index contributed by atoms with van der Waals surface area (Å²) >= 11 is 0. The van der Waals surface area contributed by atoms with Gasteiger partial charge in [-0.15, -0.1) is 0 Å². The zero-order chi connectivity index (χ0) is 15.2. The number of nitrogens with zero attached hydrogens (tertiary/aromatic N) is 1. The zero-order valence-electron chi connectivity index (χ0n) is 11.9.